The maximum absolute atomic E-state index is 12.4. The number of carbonyl (C=O) groups excluding carboxylic acids is 1. The van der Waals surface area contributed by atoms with E-state index < -0.39 is 0 Å². The lowest BCUT2D eigenvalue weighted by molar-refractivity contribution is -0.132. The van der Waals surface area contributed by atoms with E-state index in [1.54, 1.807) is 22.8 Å². The quantitative estimate of drug-likeness (QED) is 0.850. The summed E-state index contributed by atoms with van der Waals surface area (Å²) in [5.74, 6) is 1.04. The highest BCUT2D eigenvalue weighted by Crippen LogP contribution is 2.38. The first-order valence-corrected chi connectivity index (χ1v) is 8.07. The van der Waals surface area contributed by atoms with Gasteiger partial charge in [-0.25, -0.2) is 9.67 Å². The second-order valence-corrected chi connectivity index (χ2v) is 6.56. The number of benzene rings is 1. The Morgan fingerprint density at radius 3 is 2.90 bits per heavy atom. The van der Waals surface area contributed by atoms with Gasteiger partial charge in [0, 0.05) is 16.8 Å². The molecule has 7 heteroatoms. The van der Waals surface area contributed by atoms with Crippen LogP contribution < -0.4 is 0 Å². The van der Waals surface area contributed by atoms with E-state index in [9.17, 15) is 4.79 Å². The number of hydrogen-bond acceptors (Lipinski definition) is 4. The smallest absolute Gasteiger partial charge is 0.245 e. The molecule has 1 aliphatic heterocycles. The van der Waals surface area contributed by atoms with E-state index in [-0.39, 0.29) is 17.8 Å². The Hall–Kier alpha value is -1.34. The van der Waals surface area contributed by atoms with Gasteiger partial charge in [0.05, 0.1) is 0 Å². The molecular weight excluding hydrogens is 340 g/mol. The Balaban J connectivity index is 1.75. The fourth-order valence-electron chi connectivity index (χ4n) is 2.17. The highest BCUT2D eigenvalue weighted by atomic mass is 79.9. The van der Waals surface area contributed by atoms with E-state index in [1.165, 1.54) is 6.33 Å². The molecule has 1 aromatic heterocycles. The van der Waals surface area contributed by atoms with Crippen LogP contribution in [0, 0.1) is 0 Å². The largest absolute Gasteiger partial charge is 0.324 e. The minimum absolute atomic E-state index is 0.0772. The van der Waals surface area contributed by atoms with Crippen molar-refractivity contribution in [3.05, 3.63) is 47.0 Å². The van der Waals surface area contributed by atoms with E-state index in [1.807, 2.05) is 17.0 Å². The summed E-state index contributed by atoms with van der Waals surface area (Å²) in [6.07, 6.45) is 3.01. The number of amides is 1. The summed E-state index contributed by atoms with van der Waals surface area (Å²) < 4.78 is 2.61. The monoisotopic (exact) mass is 352 g/mol. The number of nitrogens with zero attached hydrogens (tertiary/aromatic N) is 4. The predicted octanol–water partition coefficient (Wildman–Crippen LogP) is 2.31. The second kappa shape index (κ2) is 5.97. The standard InChI is InChI=1S/C13H13BrN4OS/c14-11-3-1-10(2-4-11)13-18(5-6-20-13)12(19)7-17-9-15-8-16-17/h1-4,8-9,13H,5-7H2. The lowest BCUT2D eigenvalue weighted by atomic mass is 10.2. The van der Waals surface area contributed by atoms with Crippen LogP contribution in [0.5, 0.6) is 0 Å². The third-order valence-electron chi connectivity index (χ3n) is 3.13. The van der Waals surface area contributed by atoms with Crippen LogP contribution in [0.15, 0.2) is 41.4 Å². The number of hydrogen-bond donors (Lipinski definition) is 0. The number of thioether (sulfide) groups is 1. The molecule has 1 aromatic carbocycles. The van der Waals surface area contributed by atoms with Crippen molar-refractivity contribution in [1.82, 2.24) is 19.7 Å². The Morgan fingerprint density at radius 1 is 1.40 bits per heavy atom. The zero-order valence-electron chi connectivity index (χ0n) is 10.6. The molecule has 3 rings (SSSR count). The molecule has 1 unspecified atom stereocenters. The van der Waals surface area contributed by atoms with Crippen LogP contribution in [0.3, 0.4) is 0 Å². The van der Waals surface area contributed by atoms with Gasteiger partial charge < -0.3 is 4.90 Å². The summed E-state index contributed by atoms with van der Waals surface area (Å²) in [6, 6.07) is 8.13. The third-order valence-corrected chi connectivity index (χ3v) is 4.92. The third kappa shape index (κ3) is 2.88. The lowest BCUT2D eigenvalue weighted by Crippen LogP contribution is -2.33. The van der Waals surface area contributed by atoms with Gasteiger partial charge in [0.1, 0.15) is 24.6 Å². The van der Waals surface area contributed by atoms with Gasteiger partial charge in [0.15, 0.2) is 0 Å². The second-order valence-electron chi connectivity index (χ2n) is 4.45. The van der Waals surface area contributed by atoms with Crippen molar-refractivity contribution in [2.45, 2.75) is 11.9 Å². The molecule has 0 spiro atoms. The van der Waals surface area contributed by atoms with Crippen molar-refractivity contribution in [2.24, 2.45) is 0 Å². The van der Waals surface area contributed by atoms with Gasteiger partial charge in [-0.3, -0.25) is 4.79 Å². The molecule has 2 heterocycles. The molecule has 104 valence electrons. The summed E-state index contributed by atoms with van der Waals surface area (Å²) in [5, 5.41) is 4.08. The predicted molar refractivity (Wildman–Crippen MR) is 81.1 cm³/mol. The fraction of sp³-hybridized carbons (Fsp3) is 0.308. The zero-order chi connectivity index (χ0) is 13.9. The number of aromatic nitrogens is 3. The molecule has 20 heavy (non-hydrogen) atoms. The maximum atomic E-state index is 12.4. The van der Waals surface area contributed by atoms with Crippen LogP contribution in [-0.4, -0.2) is 37.9 Å². The highest BCUT2D eigenvalue weighted by Gasteiger charge is 2.30. The molecule has 1 aliphatic rings. The van der Waals surface area contributed by atoms with Gasteiger partial charge in [-0.1, -0.05) is 28.1 Å². The van der Waals surface area contributed by atoms with Crippen molar-refractivity contribution < 1.29 is 4.79 Å². The van der Waals surface area contributed by atoms with Crippen LogP contribution >= 0.6 is 27.7 Å². The Bertz CT molecular complexity index is 587. The molecule has 1 amide bonds. The number of halogens is 1. The van der Waals surface area contributed by atoms with Gasteiger partial charge in [-0.15, -0.1) is 11.8 Å². The number of rotatable bonds is 3. The molecular formula is C13H13BrN4OS. The molecule has 0 bridgehead atoms. The minimum Gasteiger partial charge on any atom is -0.324 e. The molecule has 0 aliphatic carbocycles. The van der Waals surface area contributed by atoms with Gasteiger partial charge in [0.25, 0.3) is 0 Å². The minimum atomic E-state index is 0.0772. The molecule has 5 nitrogen and oxygen atoms in total. The molecule has 0 N–H and O–H groups in total. The summed E-state index contributed by atoms with van der Waals surface area (Å²) in [4.78, 5) is 18.1. The average Bonchev–Trinajstić information content (AvgIpc) is 3.10. The van der Waals surface area contributed by atoms with E-state index in [4.69, 9.17) is 0 Å². The van der Waals surface area contributed by atoms with E-state index in [0.29, 0.717) is 0 Å². The highest BCUT2D eigenvalue weighted by molar-refractivity contribution is 9.10. The van der Waals surface area contributed by atoms with Gasteiger partial charge in [0.2, 0.25) is 5.91 Å². The van der Waals surface area contributed by atoms with Crippen LogP contribution in [0.4, 0.5) is 0 Å². The van der Waals surface area contributed by atoms with Gasteiger partial charge in [-0.2, -0.15) is 5.10 Å². The molecule has 1 atom stereocenters. The molecule has 1 fully saturated rings. The van der Waals surface area contributed by atoms with E-state index in [2.05, 4.69) is 38.1 Å². The van der Waals surface area contributed by atoms with Gasteiger partial charge >= 0.3 is 0 Å². The summed E-state index contributed by atoms with van der Waals surface area (Å²) in [6.45, 7) is 1.02. The van der Waals surface area contributed by atoms with Crippen molar-refractivity contribution in [3.63, 3.8) is 0 Å². The summed E-state index contributed by atoms with van der Waals surface area (Å²) >= 11 is 5.23. The van der Waals surface area contributed by atoms with Crippen LogP contribution in [0.2, 0.25) is 0 Å². The Morgan fingerprint density at radius 2 is 2.20 bits per heavy atom. The SMILES string of the molecule is O=C(Cn1cncn1)N1CCSC1c1ccc(Br)cc1. The summed E-state index contributed by atoms with van der Waals surface area (Å²) in [5.41, 5.74) is 1.16. The molecule has 1 saturated heterocycles. The summed E-state index contributed by atoms with van der Waals surface area (Å²) in [7, 11) is 0. The topological polar surface area (TPSA) is 51.0 Å². The van der Waals surface area contributed by atoms with Crippen molar-refractivity contribution >= 4 is 33.6 Å². The van der Waals surface area contributed by atoms with E-state index in [0.717, 1.165) is 22.3 Å². The zero-order valence-corrected chi connectivity index (χ0v) is 13.0. The van der Waals surface area contributed by atoms with Crippen molar-refractivity contribution in [3.8, 4) is 0 Å². The average molecular weight is 353 g/mol. The van der Waals surface area contributed by atoms with E-state index >= 15 is 0 Å². The first-order chi connectivity index (χ1) is 9.74. The molecule has 2 aromatic rings. The first-order valence-electron chi connectivity index (χ1n) is 6.23. The van der Waals surface area contributed by atoms with Crippen LogP contribution in [-0.2, 0) is 11.3 Å². The first kappa shape index (κ1) is 13.6. The maximum Gasteiger partial charge on any atom is 0.245 e. The van der Waals surface area contributed by atoms with Gasteiger partial charge in [-0.05, 0) is 17.7 Å². The van der Waals surface area contributed by atoms with Crippen LogP contribution in [0.25, 0.3) is 0 Å². The Labute approximate surface area is 129 Å². The van der Waals surface area contributed by atoms with Crippen LogP contribution in [0.1, 0.15) is 10.9 Å². The lowest BCUT2D eigenvalue weighted by Gasteiger charge is -2.24. The Kier molecular flexibility index (Phi) is 4.07. The van der Waals surface area contributed by atoms with Crippen molar-refractivity contribution in [2.75, 3.05) is 12.3 Å². The normalized spacial score (nSPS) is 18.4. The number of carbonyl (C=O) groups is 1. The molecule has 0 saturated carbocycles. The van der Waals surface area contributed by atoms with Crippen molar-refractivity contribution in [1.29, 1.82) is 0 Å². The fourth-order valence-corrected chi connectivity index (χ4v) is 3.71. The molecule has 0 radical (unpaired) electrons.